The molecule has 2 N–H and O–H groups in total. The molecule has 1 aliphatic carbocycles. The van der Waals surface area contributed by atoms with Crippen LogP contribution in [-0.2, 0) is 9.59 Å². The fourth-order valence-electron chi connectivity index (χ4n) is 1.82. The maximum atomic E-state index is 11.7. The molecule has 0 aromatic rings. The summed E-state index contributed by atoms with van der Waals surface area (Å²) in [5.74, 6) is 0.00571. The van der Waals surface area contributed by atoms with E-state index < -0.39 is 11.2 Å². The first-order valence-corrected chi connectivity index (χ1v) is 6.22. The highest BCUT2D eigenvalue weighted by Gasteiger charge is 2.30. The SMILES string of the molecule is O=C(O)CC1SCC2CC=CC=C2NC1=O. The summed E-state index contributed by atoms with van der Waals surface area (Å²) in [4.78, 5) is 22.4. The first-order chi connectivity index (χ1) is 7.66. The number of nitrogens with one attached hydrogen (secondary N) is 1. The minimum absolute atomic E-state index is 0.107. The van der Waals surface area contributed by atoms with Crippen molar-refractivity contribution in [2.75, 3.05) is 5.75 Å². The average molecular weight is 239 g/mol. The Morgan fingerprint density at radius 1 is 1.62 bits per heavy atom. The van der Waals surface area contributed by atoms with Gasteiger partial charge in [0.25, 0.3) is 0 Å². The van der Waals surface area contributed by atoms with Gasteiger partial charge in [0.1, 0.15) is 0 Å². The molecule has 2 aliphatic rings. The van der Waals surface area contributed by atoms with Gasteiger partial charge in [-0.15, -0.1) is 11.8 Å². The van der Waals surface area contributed by atoms with E-state index in [2.05, 4.69) is 11.4 Å². The third-order valence-corrected chi connectivity index (χ3v) is 4.07. The van der Waals surface area contributed by atoms with E-state index in [0.29, 0.717) is 5.92 Å². The fraction of sp³-hybridized carbons (Fsp3) is 0.455. The highest BCUT2D eigenvalue weighted by atomic mass is 32.2. The number of rotatable bonds is 2. The van der Waals surface area contributed by atoms with Gasteiger partial charge in [-0.1, -0.05) is 12.2 Å². The molecule has 1 aliphatic heterocycles. The minimum atomic E-state index is -0.926. The Hall–Kier alpha value is -1.23. The summed E-state index contributed by atoms with van der Waals surface area (Å²) in [6.07, 6.45) is 6.70. The molecule has 1 amide bonds. The van der Waals surface area contributed by atoms with Crippen LogP contribution in [-0.4, -0.2) is 28.0 Å². The molecule has 5 heteroatoms. The van der Waals surface area contributed by atoms with E-state index in [1.807, 2.05) is 12.2 Å². The van der Waals surface area contributed by atoms with Gasteiger partial charge in [-0.3, -0.25) is 9.59 Å². The van der Waals surface area contributed by atoms with Crippen LogP contribution in [0.4, 0.5) is 0 Å². The molecule has 1 heterocycles. The van der Waals surface area contributed by atoms with Crippen LogP contribution in [0.25, 0.3) is 0 Å². The van der Waals surface area contributed by atoms with Crippen LogP contribution >= 0.6 is 11.8 Å². The summed E-state index contributed by atoms with van der Waals surface area (Å²) in [6, 6.07) is 0. The maximum absolute atomic E-state index is 11.7. The number of hydrogen-bond acceptors (Lipinski definition) is 3. The quantitative estimate of drug-likeness (QED) is 0.758. The lowest BCUT2D eigenvalue weighted by Crippen LogP contribution is -2.33. The molecule has 0 radical (unpaired) electrons. The zero-order valence-electron chi connectivity index (χ0n) is 8.68. The Morgan fingerprint density at radius 2 is 2.44 bits per heavy atom. The molecule has 0 bridgehead atoms. The van der Waals surface area contributed by atoms with E-state index in [9.17, 15) is 9.59 Å². The molecular weight excluding hydrogens is 226 g/mol. The van der Waals surface area contributed by atoms with Crippen molar-refractivity contribution < 1.29 is 14.7 Å². The number of carboxylic acid groups (broad SMARTS) is 1. The van der Waals surface area contributed by atoms with E-state index in [1.165, 1.54) is 11.8 Å². The van der Waals surface area contributed by atoms with E-state index in [4.69, 9.17) is 5.11 Å². The van der Waals surface area contributed by atoms with Gasteiger partial charge < -0.3 is 10.4 Å². The number of thioether (sulfide) groups is 1. The molecule has 0 aromatic heterocycles. The number of fused-ring (bicyclic) bond motifs is 1. The second-order valence-electron chi connectivity index (χ2n) is 3.89. The van der Waals surface area contributed by atoms with Crippen LogP contribution in [0, 0.1) is 5.92 Å². The van der Waals surface area contributed by atoms with E-state index in [-0.39, 0.29) is 12.3 Å². The van der Waals surface area contributed by atoms with Gasteiger partial charge in [-0.05, 0) is 12.5 Å². The molecule has 1 fully saturated rings. The van der Waals surface area contributed by atoms with Crippen LogP contribution in [0.5, 0.6) is 0 Å². The highest BCUT2D eigenvalue weighted by Crippen LogP contribution is 2.30. The van der Waals surface area contributed by atoms with Crippen molar-refractivity contribution in [3.8, 4) is 0 Å². The van der Waals surface area contributed by atoms with Gasteiger partial charge in [0.2, 0.25) is 5.91 Å². The van der Waals surface area contributed by atoms with Gasteiger partial charge >= 0.3 is 5.97 Å². The maximum Gasteiger partial charge on any atom is 0.305 e. The van der Waals surface area contributed by atoms with E-state index in [1.54, 1.807) is 0 Å². The summed E-state index contributed by atoms with van der Waals surface area (Å²) < 4.78 is 0. The van der Waals surface area contributed by atoms with Gasteiger partial charge in [0.05, 0.1) is 11.7 Å². The van der Waals surface area contributed by atoms with Gasteiger partial charge in [-0.25, -0.2) is 0 Å². The monoisotopic (exact) mass is 239 g/mol. The molecule has 2 atom stereocenters. The van der Waals surface area contributed by atoms with Crippen LogP contribution < -0.4 is 5.32 Å². The molecule has 2 rings (SSSR count). The lowest BCUT2D eigenvalue weighted by molar-refractivity contribution is -0.138. The lowest BCUT2D eigenvalue weighted by Gasteiger charge is -2.17. The first kappa shape index (κ1) is 11.3. The fourth-order valence-corrected chi connectivity index (χ4v) is 3.07. The van der Waals surface area contributed by atoms with Crippen molar-refractivity contribution in [1.82, 2.24) is 5.32 Å². The van der Waals surface area contributed by atoms with E-state index >= 15 is 0 Å². The predicted molar refractivity (Wildman–Crippen MR) is 62.0 cm³/mol. The Bertz CT molecular complexity index is 375. The van der Waals surface area contributed by atoms with Crippen molar-refractivity contribution in [3.05, 3.63) is 23.9 Å². The average Bonchev–Trinajstić information content (AvgIpc) is 2.39. The summed E-state index contributed by atoms with van der Waals surface area (Å²) in [5.41, 5.74) is 0.924. The number of aliphatic carboxylic acids is 1. The number of carboxylic acids is 1. The Balaban J connectivity index is 2.09. The van der Waals surface area contributed by atoms with Crippen molar-refractivity contribution in [3.63, 3.8) is 0 Å². The van der Waals surface area contributed by atoms with Gasteiger partial charge in [0, 0.05) is 17.4 Å². The summed E-state index contributed by atoms with van der Waals surface area (Å²) in [6.45, 7) is 0. The van der Waals surface area contributed by atoms with Crippen molar-refractivity contribution >= 4 is 23.6 Å². The molecule has 2 unspecified atom stereocenters. The molecular formula is C11H13NO3S. The second-order valence-corrected chi connectivity index (χ2v) is 5.13. The third kappa shape index (κ3) is 2.47. The molecule has 0 saturated carbocycles. The topological polar surface area (TPSA) is 66.4 Å². The van der Waals surface area contributed by atoms with Crippen molar-refractivity contribution in [2.45, 2.75) is 18.1 Å². The lowest BCUT2D eigenvalue weighted by atomic mass is 9.99. The molecule has 0 spiro atoms. The predicted octanol–water partition coefficient (Wildman–Crippen LogP) is 1.15. The van der Waals surface area contributed by atoms with Crippen molar-refractivity contribution in [2.24, 2.45) is 5.92 Å². The van der Waals surface area contributed by atoms with Crippen LogP contribution in [0.3, 0.4) is 0 Å². The molecule has 16 heavy (non-hydrogen) atoms. The van der Waals surface area contributed by atoms with E-state index in [0.717, 1.165) is 17.9 Å². The number of hydrogen-bond donors (Lipinski definition) is 2. The Kier molecular flexibility index (Phi) is 3.33. The number of carbonyl (C=O) groups excluding carboxylic acids is 1. The normalized spacial score (nSPS) is 28.8. The minimum Gasteiger partial charge on any atom is -0.481 e. The van der Waals surface area contributed by atoms with Crippen molar-refractivity contribution in [1.29, 1.82) is 0 Å². The number of amides is 1. The second kappa shape index (κ2) is 4.74. The number of carbonyl (C=O) groups is 2. The molecule has 1 saturated heterocycles. The highest BCUT2D eigenvalue weighted by molar-refractivity contribution is 8.00. The summed E-state index contributed by atoms with van der Waals surface area (Å²) >= 11 is 1.44. The van der Waals surface area contributed by atoms with Gasteiger partial charge in [0.15, 0.2) is 0 Å². The van der Waals surface area contributed by atoms with Gasteiger partial charge in [-0.2, -0.15) is 0 Å². The zero-order valence-corrected chi connectivity index (χ0v) is 9.50. The summed E-state index contributed by atoms with van der Waals surface area (Å²) in [7, 11) is 0. The molecule has 4 nitrogen and oxygen atoms in total. The Morgan fingerprint density at radius 3 is 3.19 bits per heavy atom. The number of allylic oxidation sites excluding steroid dienone is 4. The largest absolute Gasteiger partial charge is 0.481 e. The molecule has 86 valence electrons. The van der Waals surface area contributed by atoms with Crippen LogP contribution in [0.15, 0.2) is 23.9 Å². The first-order valence-electron chi connectivity index (χ1n) is 5.18. The zero-order chi connectivity index (χ0) is 11.5. The Labute approximate surface area is 97.8 Å². The smallest absolute Gasteiger partial charge is 0.305 e. The van der Waals surface area contributed by atoms with Crippen LogP contribution in [0.2, 0.25) is 0 Å². The summed E-state index contributed by atoms with van der Waals surface area (Å²) in [5, 5.41) is 11.1. The third-order valence-electron chi connectivity index (χ3n) is 2.69. The standard InChI is InChI=1S/C11H13NO3S/c13-10(14)5-9-11(15)12-8-4-2-1-3-7(8)6-16-9/h1-2,4,7,9H,3,5-6H2,(H,12,15)(H,13,14). The van der Waals surface area contributed by atoms with Crippen LogP contribution in [0.1, 0.15) is 12.8 Å². The molecule has 0 aromatic carbocycles.